The zero-order chi connectivity index (χ0) is 13.9. The Balaban J connectivity index is 2.18. The lowest BCUT2D eigenvalue weighted by atomic mass is 10.2. The van der Waals surface area contributed by atoms with Crippen LogP contribution in [-0.2, 0) is 14.3 Å². The highest BCUT2D eigenvalue weighted by Crippen LogP contribution is 2.08. The second-order valence-corrected chi connectivity index (χ2v) is 3.95. The van der Waals surface area contributed by atoms with Gasteiger partial charge >= 0.3 is 0 Å². The molecule has 5 heteroatoms. The van der Waals surface area contributed by atoms with Gasteiger partial charge in [0.1, 0.15) is 0 Å². The standard InChI is InChI=1S/C14H18N2O3/c1-18-8-2-9-19-10-7-14(17)16-13-5-3-12(11-15)4-6-13/h3-6H,2,7-10H2,1H3,(H,16,17). The van der Waals surface area contributed by atoms with Gasteiger partial charge in [-0.2, -0.15) is 5.26 Å². The van der Waals surface area contributed by atoms with Crippen LogP contribution in [0.15, 0.2) is 24.3 Å². The molecular formula is C14H18N2O3. The summed E-state index contributed by atoms with van der Waals surface area (Å²) in [5, 5.41) is 11.4. The number of nitrogens with zero attached hydrogens (tertiary/aromatic N) is 1. The van der Waals surface area contributed by atoms with Crippen molar-refractivity contribution in [2.24, 2.45) is 0 Å². The van der Waals surface area contributed by atoms with E-state index in [0.717, 1.165) is 6.42 Å². The highest BCUT2D eigenvalue weighted by molar-refractivity contribution is 5.90. The Morgan fingerprint density at radius 2 is 2.00 bits per heavy atom. The number of nitrogens with one attached hydrogen (secondary N) is 1. The third-order valence-electron chi connectivity index (χ3n) is 2.41. The van der Waals surface area contributed by atoms with Crippen LogP contribution in [0, 0.1) is 11.3 Å². The van der Waals surface area contributed by atoms with E-state index in [2.05, 4.69) is 5.32 Å². The highest BCUT2D eigenvalue weighted by atomic mass is 16.5. The maximum atomic E-state index is 11.6. The molecule has 0 fully saturated rings. The van der Waals surface area contributed by atoms with Crippen molar-refractivity contribution in [2.45, 2.75) is 12.8 Å². The van der Waals surface area contributed by atoms with E-state index in [-0.39, 0.29) is 5.91 Å². The summed E-state index contributed by atoms with van der Waals surface area (Å²) >= 11 is 0. The summed E-state index contributed by atoms with van der Waals surface area (Å²) < 4.78 is 10.2. The number of hydrogen-bond donors (Lipinski definition) is 1. The molecule has 0 saturated carbocycles. The SMILES string of the molecule is COCCCOCCC(=O)Nc1ccc(C#N)cc1. The predicted molar refractivity (Wildman–Crippen MR) is 71.7 cm³/mol. The number of carbonyl (C=O) groups is 1. The quantitative estimate of drug-likeness (QED) is 0.727. The number of methoxy groups -OCH3 is 1. The van der Waals surface area contributed by atoms with Gasteiger partial charge in [-0.15, -0.1) is 0 Å². The molecule has 1 N–H and O–H groups in total. The van der Waals surface area contributed by atoms with Crippen LogP contribution in [0.1, 0.15) is 18.4 Å². The molecule has 0 aliphatic heterocycles. The molecule has 1 aromatic carbocycles. The molecule has 0 aromatic heterocycles. The van der Waals surface area contributed by atoms with Gasteiger partial charge in [0.2, 0.25) is 5.91 Å². The van der Waals surface area contributed by atoms with E-state index in [1.807, 2.05) is 6.07 Å². The minimum absolute atomic E-state index is 0.101. The summed E-state index contributed by atoms with van der Waals surface area (Å²) in [6, 6.07) is 8.76. The molecule has 0 heterocycles. The van der Waals surface area contributed by atoms with E-state index in [1.165, 1.54) is 0 Å². The summed E-state index contributed by atoms with van der Waals surface area (Å²) in [6.07, 6.45) is 1.14. The second-order valence-electron chi connectivity index (χ2n) is 3.95. The van der Waals surface area contributed by atoms with Crippen molar-refractivity contribution >= 4 is 11.6 Å². The Bertz CT molecular complexity index is 423. The Morgan fingerprint density at radius 1 is 1.26 bits per heavy atom. The first-order valence-electron chi connectivity index (χ1n) is 6.13. The number of nitriles is 1. The molecule has 102 valence electrons. The second kappa shape index (κ2) is 9.09. The summed E-state index contributed by atoms with van der Waals surface area (Å²) in [4.78, 5) is 11.6. The van der Waals surface area contributed by atoms with Crippen molar-refractivity contribution in [1.82, 2.24) is 0 Å². The molecule has 1 rings (SSSR count). The van der Waals surface area contributed by atoms with Crippen LogP contribution >= 0.6 is 0 Å². The van der Waals surface area contributed by atoms with Gasteiger partial charge in [-0.1, -0.05) is 0 Å². The lowest BCUT2D eigenvalue weighted by Gasteiger charge is -2.06. The van der Waals surface area contributed by atoms with Crippen molar-refractivity contribution in [3.05, 3.63) is 29.8 Å². The van der Waals surface area contributed by atoms with E-state index in [9.17, 15) is 4.79 Å². The average Bonchev–Trinajstić information content (AvgIpc) is 2.43. The first kappa shape index (κ1) is 15.2. The van der Waals surface area contributed by atoms with Gasteiger partial charge in [-0.05, 0) is 30.7 Å². The van der Waals surface area contributed by atoms with Gasteiger partial charge < -0.3 is 14.8 Å². The molecule has 19 heavy (non-hydrogen) atoms. The molecule has 0 aliphatic rings. The summed E-state index contributed by atoms with van der Waals surface area (Å²) in [7, 11) is 1.64. The van der Waals surface area contributed by atoms with Gasteiger partial charge in [0.15, 0.2) is 0 Å². The molecule has 0 aliphatic carbocycles. The molecule has 5 nitrogen and oxygen atoms in total. The van der Waals surface area contributed by atoms with Crippen molar-refractivity contribution < 1.29 is 14.3 Å². The number of anilines is 1. The molecule has 0 bridgehead atoms. The fourth-order valence-corrected chi connectivity index (χ4v) is 1.42. The predicted octanol–water partition coefficient (Wildman–Crippen LogP) is 1.94. The molecule has 0 radical (unpaired) electrons. The topological polar surface area (TPSA) is 71.3 Å². The monoisotopic (exact) mass is 262 g/mol. The van der Waals surface area contributed by atoms with Crippen molar-refractivity contribution in [3.8, 4) is 6.07 Å². The largest absolute Gasteiger partial charge is 0.385 e. The van der Waals surface area contributed by atoms with Crippen molar-refractivity contribution in [3.63, 3.8) is 0 Å². The highest BCUT2D eigenvalue weighted by Gasteiger charge is 2.02. The Morgan fingerprint density at radius 3 is 2.63 bits per heavy atom. The number of amides is 1. The first-order chi connectivity index (χ1) is 9.26. The third-order valence-corrected chi connectivity index (χ3v) is 2.41. The summed E-state index contributed by atoms with van der Waals surface area (Å²) in [5.41, 5.74) is 1.25. The van der Waals surface area contributed by atoms with Crippen LogP contribution in [0.4, 0.5) is 5.69 Å². The number of carbonyl (C=O) groups excluding carboxylic acids is 1. The van der Waals surface area contributed by atoms with Gasteiger partial charge in [0.25, 0.3) is 0 Å². The van der Waals surface area contributed by atoms with Gasteiger partial charge in [0.05, 0.1) is 24.7 Å². The van der Waals surface area contributed by atoms with Gasteiger partial charge in [-0.25, -0.2) is 0 Å². The maximum Gasteiger partial charge on any atom is 0.226 e. The number of hydrogen-bond acceptors (Lipinski definition) is 4. The lowest BCUT2D eigenvalue weighted by molar-refractivity contribution is -0.117. The van der Waals surface area contributed by atoms with Crippen LogP contribution in [0.5, 0.6) is 0 Å². The normalized spacial score (nSPS) is 9.89. The van der Waals surface area contributed by atoms with E-state index in [0.29, 0.717) is 37.5 Å². The smallest absolute Gasteiger partial charge is 0.226 e. The van der Waals surface area contributed by atoms with Crippen LogP contribution < -0.4 is 5.32 Å². The molecule has 0 saturated heterocycles. The van der Waals surface area contributed by atoms with Gasteiger partial charge in [-0.3, -0.25) is 4.79 Å². The third kappa shape index (κ3) is 6.55. The molecule has 0 unspecified atom stereocenters. The van der Waals surface area contributed by atoms with E-state index < -0.39 is 0 Å². The summed E-state index contributed by atoms with van der Waals surface area (Å²) in [6.45, 7) is 1.65. The van der Waals surface area contributed by atoms with Crippen LogP contribution in [-0.4, -0.2) is 32.8 Å². The molecule has 1 aromatic rings. The minimum Gasteiger partial charge on any atom is -0.385 e. The zero-order valence-electron chi connectivity index (χ0n) is 11.0. The van der Waals surface area contributed by atoms with E-state index in [4.69, 9.17) is 14.7 Å². The average molecular weight is 262 g/mol. The lowest BCUT2D eigenvalue weighted by Crippen LogP contribution is -2.14. The fourth-order valence-electron chi connectivity index (χ4n) is 1.42. The van der Waals surface area contributed by atoms with Gasteiger partial charge in [0, 0.05) is 26.0 Å². The number of ether oxygens (including phenoxy) is 2. The van der Waals surface area contributed by atoms with Crippen LogP contribution in [0.3, 0.4) is 0 Å². The molecule has 0 atom stereocenters. The molecule has 1 amide bonds. The zero-order valence-corrected chi connectivity index (χ0v) is 11.0. The molecular weight excluding hydrogens is 244 g/mol. The maximum absolute atomic E-state index is 11.6. The minimum atomic E-state index is -0.101. The van der Waals surface area contributed by atoms with E-state index >= 15 is 0 Å². The van der Waals surface area contributed by atoms with Crippen LogP contribution in [0.2, 0.25) is 0 Å². The fraction of sp³-hybridized carbons (Fsp3) is 0.429. The Hall–Kier alpha value is -1.90. The first-order valence-corrected chi connectivity index (χ1v) is 6.13. The number of rotatable bonds is 8. The van der Waals surface area contributed by atoms with Crippen molar-refractivity contribution in [1.29, 1.82) is 5.26 Å². The van der Waals surface area contributed by atoms with Crippen LogP contribution in [0.25, 0.3) is 0 Å². The number of benzene rings is 1. The Kier molecular flexibility index (Phi) is 7.25. The molecule has 0 spiro atoms. The van der Waals surface area contributed by atoms with E-state index in [1.54, 1.807) is 31.4 Å². The summed E-state index contributed by atoms with van der Waals surface area (Å²) in [5.74, 6) is -0.101. The Labute approximate surface area is 113 Å². The van der Waals surface area contributed by atoms with Crippen molar-refractivity contribution in [2.75, 3.05) is 32.2 Å².